The van der Waals surface area contributed by atoms with Gasteiger partial charge < -0.3 is 4.74 Å². The molecule has 0 N–H and O–H groups in total. The lowest BCUT2D eigenvalue weighted by Gasteiger charge is -2.14. The first kappa shape index (κ1) is 16.2. The molecule has 1 aromatic heterocycles. The highest BCUT2D eigenvalue weighted by molar-refractivity contribution is 6.02. The van der Waals surface area contributed by atoms with Crippen LogP contribution in [0.1, 0.15) is 39.3 Å². The molecule has 130 valence electrons. The number of ether oxygens (including phenoxy) is 1. The van der Waals surface area contributed by atoms with Gasteiger partial charge in [0, 0.05) is 5.56 Å². The van der Waals surface area contributed by atoms with E-state index in [0.29, 0.717) is 12.0 Å². The fourth-order valence-electron chi connectivity index (χ4n) is 3.11. The van der Waals surface area contributed by atoms with Crippen molar-refractivity contribution in [2.75, 3.05) is 0 Å². The zero-order valence-electron chi connectivity index (χ0n) is 14.0. The van der Waals surface area contributed by atoms with Gasteiger partial charge in [0.25, 0.3) is 0 Å². The summed E-state index contributed by atoms with van der Waals surface area (Å²) in [5, 5.41) is 8.25. The Kier molecular flexibility index (Phi) is 4.31. The summed E-state index contributed by atoms with van der Waals surface area (Å²) in [6.45, 7) is 0. The average molecular weight is 347 g/mol. The van der Waals surface area contributed by atoms with Crippen molar-refractivity contribution in [3.63, 3.8) is 0 Å². The van der Waals surface area contributed by atoms with E-state index in [0.717, 1.165) is 24.1 Å². The number of carbonyl (C=O) groups is 2. The number of carbonyl (C=O) groups excluding carboxylic acids is 2. The van der Waals surface area contributed by atoms with Crippen LogP contribution in [-0.2, 0) is 11.2 Å². The maximum Gasteiger partial charge on any atom is 0.361 e. The molecule has 0 fully saturated rings. The number of hydrogen-bond donors (Lipinski definition) is 0. The number of rotatable bonds is 3. The molecule has 0 amide bonds. The van der Waals surface area contributed by atoms with Gasteiger partial charge in [-0.05, 0) is 37.0 Å². The van der Waals surface area contributed by atoms with Gasteiger partial charge in [-0.15, -0.1) is 5.10 Å². The molecule has 6 heteroatoms. The van der Waals surface area contributed by atoms with Crippen LogP contribution in [0.3, 0.4) is 0 Å². The Balaban J connectivity index is 1.52. The molecular formula is C20H17N3O3. The van der Waals surface area contributed by atoms with Crippen LogP contribution < -0.4 is 0 Å². The number of ketones is 1. The van der Waals surface area contributed by atoms with Crippen LogP contribution in [0.4, 0.5) is 0 Å². The van der Waals surface area contributed by atoms with Crippen LogP contribution in [0, 0.1) is 0 Å². The number of fused-ring (bicyclic) bond motifs is 1. The number of para-hydroxylation sites is 1. The number of hydrogen-bond acceptors (Lipinski definition) is 5. The van der Waals surface area contributed by atoms with Gasteiger partial charge in [-0.2, -0.15) is 9.90 Å². The molecule has 3 aromatic rings. The van der Waals surface area contributed by atoms with E-state index in [1.54, 1.807) is 6.07 Å². The summed E-state index contributed by atoms with van der Waals surface area (Å²) in [4.78, 5) is 26.5. The van der Waals surface area contributed by atoms with Gasteiger partial charge in [-0.25, -0.2) is 4.79 Å². The van der Waals surface area contributed by atoms with Crippen LogP contribution in [-0.4, -0.2) is 32.9 Å². The van der Waals surface area contributed by atoms with Crippen molar-refractivity contribution in [3.05, 3.63) is 77.6 Å². The number of benzene rings is 2. The summed E-state index contributed by atoms with van der Waals surface area (Å²) < 4.78 is 5.47. The largest absolute Gasteiger partial charge is 0.449 e. The third-order valence-corrected chi connectivity index (χ3v) is 4.43. The highest BCUT2D eigenvalue weighted by Gasteiger charge is 2.29. The molecule has 1 aliphatic rings. The molecule has 1 aliphatic carbocycles. The quantitative estimate of drug-likeness (QED) is 0.538. The van der Waals surface area contributed by atoms with Crippen molar-refractivity contribution >= 4 is 11.8 Å². The minimum atomic E-state index is -0.784. The van der Waals surface area contributed by atoms with Crippen molar-refractivity contribution in [3.8, 4) is 5.69 Å². The number of nitrogens with zero attached hydrogens (tertiary/aromatic N) is 3. The molecule has 1 unspecified atom stereocenters. The van der Waals surface area contributed by atoms with E-state index in [2.05, 4.69) is 10.2 Å². The fraction of sp³-hybridized carbons (Fsp3) is 0.200. The zero-order valence-corrected chi connectivity index (χ0v) is 14.0. The predicted molar refractivity (Wildman–Crippen MR) is 94.3 cm³/mol. The molecule has 6 nitrogen and oxygen atoms in total. The normalized spacial score (nSPS) is 16.6. The molecule has 4 rings (SSSR count). The third kappa shape index (κ3) is 3.13. The summed E-state index contributed by atoms with van der Waals surface area (Å²) in [7, 11) is 0. The summed E-state index contributed by atoms with van der Waals surface area (Å²) in [6, 6.07) is 16.8. The summed E-state index contributed by atoms with van der Waals surface area (Å²) in [6.07, 6.45) is 2.67. The number of aryl methyl sites for hydroxylation is 1. The van der Waals surface area contributed by atoms with Gasteiger partial charge >= 0.3 is 5.97 Å². The maximum atomic E-state index is 12.7. The summed E-state index contributed by atoms with van der Waals surface area (Å²) in [5.74, 6) is -0.785. The van der Waals surface area contributed by atoms with E-state index in [9.17, 15) is 9.59 Å². The number of Topliss-reactive ketones (excluding diaryl/α,β-unsaturated/α-hetero) is 1. The molecule has 0 saturated carbocycles. The SMILES string of the molecule is O=C(OC1CCCc2ccccc2C1=O)c1cnn(-c2ccccc2)n1. The minimum Gasteiger partial charge on any atom is -0.449 e. The monoisotopic (exact) mass is 347 g/mol. The second kappa shape index (κ2) is 6.92. The molecule has 0 spiro atoms. The van der Waals surface area contributed by atoms with E-state index in [-0.39, 0.29) is 11.5 Å². The Morgan fingerprint density at radius 3 is 2.69 bits per heavy atom. The van der Waals surface area contributed by atoms with E-state index >= 15 is 0 Å². The summed E-state index contributed by atoms with van der Waals surface area (Å²) >= 11 is 0. The lowest BCUT2D eigenvalue weighted by atomic mass is 10.0. The van der Waals surface area contributed by atoms with Crippen molar-refractivity contribution < 1.29 is 14.3 Å². The van der Waals surface area contributed by atoms with Crippen LogP contribution >= 0.6 is 0 Å². The van der Waals surface area contributed by atoms with E-state index < -0.39 is 12.1 Å². The maximum absolute atomic E-state index is 12.7. The van der Waals surface area contributed by atoms with Crippen LogP contribution in [0.5, 0.6) is 0 Å². The van der Waals surface area contributed by atoms with E-state index in [4.69, 9.17) is 4.74 Å². The van der Waals surface area contributed by atoms with Crippen molar-refractivity contribution in [2.24, 2.45) is 0 Å². The topological polar surface area (TPSA) is 74.1 Å². The molecule has 1 heterocycles. The van der Waals surface area contributed by atoms with E-state index in [1.165, 1.54) is 11.0 Å². The highest BCUT2D eigenvalue weighted by Crippen LogP contribution is 2.23. The van der Waals surface area contributed by atoms with Gasteiger partial charge in [0.05, 0.1) is 11.9 Å². The van der Waals surface area contributed by atoms with Gasteiger partial charge in [0.2, 0.25) is 5.78 Å². The molecule has 0 bridgehead atoms. The fourth-order valence-corrected chi connectivity index (χ4v) is 3.11. The minimum absolute atomic E-state index is 0.0826. The lowest BCUT2D eigenvalue weighted by molar-refractivity contribution is 0.0263. The molecule has 1 atom stereocenters. The average Bonchev–Trinajstić information content (AvgIpc) is 3.12. The Morgan fingerprint density at radius 2 is 1.85 bits per heavy atom. The van der Waals surface area contributed by atoms with Gasteiger partial charge in [-0.3, -0.25) is 4.79 Å². The van der Waals surface area contributed by atoms with E-state index in [1.807, 2.05) is 48.5 Å². The second-order valence-corrected chi connectivity index (χ2v) is 6.16. The molecule has 2 aromatic carbocycles. The molecular weight excluding hydrogens is 330 g/mol. The molecule has 0 aliphatic heterocycles. The molecule has 0 saturated heterocycles. The van der Waals surface area contributed by atoms with Crippen LogP contribution in [0.25, 0.3) is 5.69 Å². The first-order valence-corrected chi connectivity index (χ1v) is 8.53. The first-order chi connectivity index (χ1) is 12.7. The number of esters is 1. The predicted octanol–water partition coefficient (Wildman–Crippen LogP) is 3.01. The standard InChI is InChI=1S/C20H17N3O3/c24-19-16-11-5-4-7-14(16)8-6-12-18(19)26-20(25)17-13-21-23(22-17)15-9-2-1-3-10-15/h1-5,7,9-11,13,18H,6,8,12H2. The Hall–Kier alpha value is -3.28. The molecule has 26 heavy (non-hydrogen) atoms. The first-order valence-electron chi connectivity index (χ1n) is 8.53. The Labute approximate surface area is 150 Å². The Bertz CT molecular complexity index is 950. The smallest absolute Gasteiger partial charge is 0.361 e. The second-order valence-electron chi connectivity index (χ2n) is 6.16. The van der Waals surface area contributed by atoms with Crippen molar-refractivity contribution in [1.82, 2.24) is 15.0 Å². The van der Waals surface area contributed by atoms with Crippen molar-refractivity contribution in [1.29, 1.82) is 0 Å². The summed E-state index contributed by atoms with van der Waals surface area (Å²) in [5.41, 5.74) is 2.46. The van der Waals surface area contributed by atoms with Gasteiger partial charge in [0.1, 0.15) is 0 Å². The van der Waals surface area contributed by atoms with Crippen molar-refractivity contribution in [2.45, 2.75) is 25.4 Å². The van der Waals surface area contributed by atoms with Gasteiger partial charge in [0.15, 0.2) is 11.8 Å². The van der Waals surface area contributed by atoms with Crippen LogP contribution in [0.2, 0.25) is 0 Å². The third-order valence-electron chi connectivity index (χ3n) is 4.43. The lowest BCUT2D eigenvalue weighted by Crippen LogP contribution is -2.27. The zero-order chi connectivity index (χ0) is 17.9. The Morgan fingerprint density at radius 1 is 1.08 bits per heavy atom. The number of aromatic nitrogens is 3. The van der Waals surface area contributed by atoms with Crippen LogP contribution in [0.15, 0.2) is 60.8 Å². The van der Waals surface area contributed by atoms with Gasteiger partial charge in [-0.1, -0.05) is 42.5 Å². The molecule has 0 radical (unpaired) electrons. The highest BCUT2D eigenvalue weighted by atomic mass is 16.5.